The van der Waals surface area contributed by atoms with Gasteiger partial charge in [0.15, 0.2) is 0 Å². The molecule has 0 amide bonds. The van der Waals surface area contributed by atoms with Crippen LogP contribution in [0.25, 0.3) is 0 Å². The molecule has 23 heavy (non-hydrogen) atoms. The number of nitro benzene ring substituents is 1. The van der Waals surface area contributed by atoms with Gasteiger partial charge >= 0.3 is 0 Å². The first-order valence-electron chi connectivity index (χ1n) is 8.12. The topological polar surface area (TPSA) is 67.6 Å². The van der Waals surface area contributed by atoms with Gasteiger partial charge in [-0.25, -0.2) is 0 Å². The summed E-state index contributed by atoms with van der Waals surface area (Å²) >= 11 is 0. The van der Waals surface area contributed by atoms with Gasteiger partial charge in [-0.05, 0) is 39.4 Å². The number of rotatable bonds is 10. The first-order chi connectivity index (χ1) is 10.8. The molecule has 1 rings (SSSR count). The molecule has 0 spiro atoms. The summed E-state index contributed by atoms with van der Waals surface area (Å²) in [6.45, 7) is 8.26. The summed E-state index contributed by atoms with van der Waals surface area (Å²) in [6, 6.07) is 5.18. The largest absolute Gasteiger partial charge is 0.494 e. The molecule has 6 heteroatoms. The third-order valence-electron chi connectivity index (χ3n) is 3.72. The lowest BCUT2D eigenvalue weighted by Crippen LogP contribution is -2.38. The number of nitrogens with zero attached hydrogens (tertiary/aromatic N) is 2. The smallest absolute Gasteiger partial charge is 0.270 e. The van der Waals surface area contributed by atoms with Gasteiger partial charge in [0.05, 0.1) is 11.5 Å². The van der Waals surface area contributed by atoms with Gasteiger partial charge in [-0.1, -0.05) is 13.8 Å². The van der Waals surface area contributed by atoms with E-state index < -0.39 is 0 Å². The van der Waals surface area contributed by atoms with Crippen LogP contribution >= 0.6 is 0 Å². The van der Waals surface area contributed by atoms with Crippen molar-refractivity contribution in [3.05, 3.63) is 33.9 Å². The number of likely N-dealkylation sites (N-methyl/N-ethyl adjacent to an activating group) is 1. The Balaban J connectivity index is 2.74. The summed E-state index contributed by atoms with van der Waals surface area (Å²) in [5, 5.41) is 14.4. The maximum atomic E-state index is 11.0. The van der Waals surface area contributed by atoms with E-state index in [-0.39, 0.29) is 10.6 Å². The molecule has 1 N–H and O–H groups in total. The average molecular weight is 323 g/mol. The average Bonchev–Trinajstić information content (AvgIpc) is 2.47. The van der Waals surface area contributed by atoms with Gasteiger partial charge in [0, 0.05) is 36.8 Å². The lowest BCUT2D eigenvalue weighted by atomic mass is 10.0. The molecule has 0 bridgehead atoms. The van der Waals surface area contributed by atoms with Crippen molar-refractivity contribution in [3.63, 3.8) is 0 Å². The van der Waals surface area contributed by atoms with Crippen molar-refractivity contribution in [2.24, 2.45) is 5.92 Å². The second-order valence-electron chi connectivity index (χ2n) is 6.36. The zero-order chi connectivity index (χ0) is 17.4. The lowest BCUT2D eigenvalue weighted by molar-refractivity contribution is -0.384. The highest BCUT2D eigenvalue weighted by atomic mass is 16.6. The number of nitrogens with one attached hydrogen (secondary N) is 1. The number of hydrogen-bond donors (Lipinski definition) is 1. The van der Waals surface area contributed by atoms with Crippen LogP contribution < -0.4 is 10.1 Å². The van der Waals surface area contributed by atoms with Crippen LogP contribution in [0.4, 0.5) is 5.69 Å². The maximum absolute atomic E-state index is 11.0. The molecule has 0 heterocycles. The van der Waals surface area contributed by atoms with Crippen molar-refractivity contribution in [1.29, 1.82) is 0 Å². The van der Waals surface area contributed by atoms with Crippen molar-refractivity contribution in [2.75, 3.05) is 27.2 Å². The highest BCUT2D eigenvalue weighted by molar-refractivity contribution is 5.43. The Morgan fingerprint density at radius 1 is 1.35 bits per heavy atom. The molecule has 1 aromatic carbocycles. The molecule has 0 aliphatic heterocycles. The molecular formula is C17H29N3O3. The Hall–Kier alpha value is -1.66. The van der Waals surface area contributed by atoms with E-state index in [1.165, 1.54) is 6.07 Å². The predicted octanol–water partition coefficient (Wildman–Crippen LogP) is 3.06. The van der Waals surface area contributed by atoms with E-state index in [0.717, 1.165) is 18.5 Å². The quantitative estimate of drug-likeness (QED) is 0.529. The summed E-state index contributed by atoms with van der Waals surface area (Å²) in [6.07, 6.45) is 1.10. The van der Waals surface area contributed by atoms with Crippen molar-refractivity contribution in [1.82, 2.24) is 10.2 Å². The third-order valence-corrected chi connectivity index (χ3v) is 3.72. The molecule has 0 unspecified atom stereocenters. The van der Waals surface area contributed by atoms with Crippen LogP contribution in [-0.2, 0) is 6.54 Å². The Morgan fingerprint density at radius 2 is 2.04 bits per heavy atom. The van der Waals surface area contributed by atoms with Crippen molar-refractivity contribution in [2.45, 2.75) is 39.8 Å². The number of non-ortho nitro benzene ring substituents is 1. The van der Waals surface area contributed by atoms with Gasteiger partial charge in [0.25, 0.3) is 5.69 Å². The second kappa shape index (κ2) is 9.47. The molecule has 0 radical (unpaired) electrons. The summed E-state index contributed by atoms with van der Waals surface area (Å²) in [5.41, 5.74) is 0.916. The standard InChI is InChI=1S/C17H29N3O3/c1-6-23-17-8-7-15(20(21)22)10-14(17)11-18-12-16(19(4)5)9-13(2)3/h7-8,10,13,16,18H,6,9,11-12H2,1-5H3/t16-/m1/s1. The first kappa shape index (κ1) is 19.4. The minimum atomic E-state index is -0.374. The number of benzene rings is 1. The van der Waals surface area contributed by atoms with Crippen LogP contribution in [0.1, 0.15) is 32.8 Å². The molecule has 1 atom stereocenters. The third kappa shape index (κ3) is 6.54. The van der Waals surface area contributed by atoms with Crippen LogP contribution in [0.5, 0.6) is 5.75 Å². The van der Waals surface area contributed by atoms with Crippen LogP contribution in [-0.4, -0.2) is 43.1 Å². The number of ether oxygens (including phenoxy) is 1. The van der Waals surface area contributed by atoms with Gasteiger partial charge in [-0.15, -0.1) is 0 Å². The minimum absolute atomic E-state index is 0.0941. The first-order valence-corrected chi connectivity index (χ1v) is 8.12. The van der Waals surface area contributed by atoms with Gasteiger partial charge in [0.2, 0.25) is 0 Å². The van der Waals surface area contributed by atoms with E-state index in [2.05, 4.69) is 38.2 Å². The fourth-order valence-electron chi connectivity index (χ4n) is 2.51. The van der Waals surface area contributed by atoms with Crippen molar-refractivity contribution < 1.29 is 9.66 Å². The Kier molecular flexibility index (Phi) is 7.98. The van der Waals surface area contributed by atoms with E-state index in [9.17, 15) is 10.1 Å². The molecule has 130 valence electrons. The minimum Gasteiger partial charge on any atom is -0.494 e. The highest BCUT2D eigenvalue weighted by Gasteiger charge is 2.15. The molecule has 0 saturated carbocycles. The summed E-state index contributed by atoms with van der Waals surface area (Å²) in [4.78, 5) is 12.8. The predicted molar refractivity (Wildman–Crippen MR) is 92.9 cm³/mol. The molecule has 1 aromatic rings. The normalized spacial score (nSPS) is 12.7. The van der Waals surface area contributed by atoms with Crippen LogP contribution in [0, 0.1) is 16.0 Å². The van der Waals surface area contributed by atoms with Crippen LogP contribution in [0.3, 0.4) is 0 Å². The molecular weight excluding hydrogens is 294 g/mol. The summed E-state index contributed by atoms with van der Waals surface area (Å²) < 4.78 is 5.57. The Labute approximate surface area is 139 Å². The fraction of sp³-hybridized carbons (Fsp3) is 0.647. The van der Waals surface area contributed by atoms with Gasteiger partial charge in [-0.3, -0.25) is 10.1 Å². The van der Waals surface area contributed by atoms with Gasteiger partial charge in [-0.2, -0.15) is 0 Å². The Morgan fingerprint density at radius 3 is 2.57 bits per heavy atom. The molecule has 0 saturated heterocycles. The maximum Gasteiger partial charge on any atom is 0.270 e. The van der Waals surface area contributed by atoms with E-state index >= 15 is 0 Å². The van der Waals surface area contributed by atoms with E-state index in [1.54, 1.807) is 12.1 Å². The van der Waals surface area contributed by atoms with Crippen molar-refractivity contribution >= 4 is 5.69 Å². The number of nitro groups is 1. The van der Waals surface area contributed by atoms with Crippen LogP contribution in [0.2, 0.25) is 0 Å². The zero-order valence-electron chi connectivity index (χ0n) is 14.8. The molecule has 0 aliphatic carbocycles. The van der Waals surface area contributed by atoms with E-state index in [4.69, 9.17) is 4.74 Å². The van der Waals surface area contributed by atoms with Gasteiger partial charge < -0.3 is 15.0 Å². The van der Waals surface area contributed by atoms with Gasteiger partial charge in [0.1, 0.15) is 5.75 Å². The van der Waals surface area contributed by atoms with E-state index in [0.29, 0.717) is 30.9 Å². The highest BCUT2D eigenvalue weighted by Crippen LogP contribution is 2.24. The van der Waals surface area contributed by atoms with Crippen LogP contribution in [0.15, 0.2) is 18.2 Å². The van der Waals surface area contributed by atoms with Crippen molar-refractivity contribution in [3.8, 4) is 5.75 Å². The molecule has 6 nitrogen and oxygen atoms in total. The summed E-state index contributed by atoms with van der Waals surface area (Å²) in [7, 11) is 4.15. The fourth-order valence-corrected chi connectivity index (χ4v) is 2.51. The van der Waals surface area contributed by atoms with E-state index in [1.807, 2.05) is 6.92 Å². The Bertz CT molecular complexity index is 504. The summed E-state index contributed by atoms with van der Waals surface area (Å²) in [5.74, 6) is 1.33. The molecule has 0 fully saturated rings. The SMILES string of the molecule is CCOc1ccc([N+](=O)[O-])cc1CNC[C@@H](CC(C)C)N(C)C. The lowest BCUT2D eigenvalue weighted by Gasteiger charge is -2.26. The monoisotopic (exact) mass is 323 g/mol. The number of hydrogen-bond acceptors (Lipinski definition) is 5. The molecule has 0 aliphatic rings. The zero-order valence-corrected chi connectivity index (χ0v) is 14.8. The molecule has 0 aromatic heterocycles. The second-order valence-corrected chi connectivity index (χ2v) is 6.36.